The predicted molar refractivity (Wildman–Crippen MR) is 84.9 cm³/mol. The van der Waals surface area contributed by atoms with Gasteiger partial charge in [-0.2, -0.15) is 0 Å². The normalized spacial score (nSPS) is 23.6. The average Bonchev–Trinajstić information content (AvgIpc) is 2.50. The third-order valence-corrected chi connectivity index (χ3v) is 5.08. The summed E-state index contributed by atoms with van der Waals surface area (Å²) in [6.07, 6.45) is 5.28. The van der Waals surface area contributed by atoms with Crippen LogP contribution in [0.1, 0.15) is 46.0 Å². The van der Waals surface area contributed by atoms with Crippen molar-refractivity contribution in [2.45, 2.75) is 46.0 Å². The number of hydrogen-bond donors (Lipinski definition) is 1. The van der Waals surface area contributed by atoms with Crippen LogP contribution in [0.3, 0.4) is 0 Å². The maximum absolute atomic E-state index is 13.4. The predicted octanol–water partition coefficient (Wildman–Crippen LogP) is 5.27. The lowest BCUT2D eigenvalue weighted by molar-refractivity contribution is -0.121. The van der Waals surface area contributed by atoms with Crippen molar-refractivity contribution in [2.75, 3.05) is 5.32 Å². The second kappa shape index (κ2) is 7.26. The van der Waals surface area contributed by atoms with Crippen LogP contribution in [0.2, 0.25) is 5.02 Å². The van der Waals surface area contributed by atoms with Gasteiger partial charge < -0.3 is 5.32 Å². The van der Waals surface area contributed by atoms with Crippen LogP contribution in [0.4, 0.5) is 10.1 Å². The Hall–Kier alpha value is -1.09. The van der Waals surface area contributed by atoms with Gasteiger partial charge in [0.15, 0.2) is 0 Å². The van der Waals surface area contributed by atoms with E-state index in [-0.39, 0.29) is 16.8 Å². The Morgan fingerprint density at radius 3 is 2.62 bits per heavy atom. The zero-order chi connectivity index (χ0) is 15.4. The smallest absolute Gasteiger partial charge is 0.227 e. The molecule has 116 valence electrons. The molecule has 0 spiro atoms. The lowest BCUT2D eigenvalue weighted by Crippen LogP contribution is -2.28. The fraction of sp³-hybridized carbons (Fsp3) is 0.588. The van der Waals surface area contributed by atoms with E-state index in [2.05, 4.69) is 19.2 Å². The van der Waals surface area contributed by atoms with E-state index in [1.165, 1.54) is 18.6 Å². The molecule has 1 N–H and O–H groups in total. The molecule has 1 amide bonds. The van der Waals surface area contributed by atoms with Crippen molar-refractivity contribution in [3.63, 3.8) is 0 Å². The van der Waals surface area contributed by atoms with Crippen LogP contribution < -0.4 is 5.32 Å². The third kappa shape index (κ3) is 4.19. The van der Waals surface area contributed by atoms with Gasteiger partial charge in [0.2, 0.25) is 5.91 Å². The van der Waals surface area contributed by atoms with Crippen molar-refractivity contribution in [2.24, 2.45) is 17.8 Å². The van der Waals surface area contributed by atoms with E-state index in [0.29, 0.717) is 5.69 Å². The number of anilines is 1. The highest BCUT2D eigenvalue weighted by Crippen LogP contribution is 2.35. The van der Waals surface area contributed by atoms with Crippen LogP contribution in [0.15, 0.2) is 18.2 Å². The van der Waals surface area contributed by atoms with Crippen molar-refractivity contribution in [1.82, 2.24) is 0 Å². The minimum atomic E-state index is -0.505. The lowest BCUT2D eigenvalue weighted by Gasteiger charge is -2.31. The molecule has 4 heteroatoms. The Morgan fingerprint density at radius 2 is 2.05 bits per heavy atom. The van der Waals surface area contributed by atoms with Crippen LogP contribution in [0, 0.1) is 23.6 Å². The summed E-state index contributed by atoms with van der Waals surface area (Å²) in [6, 6.07) is 4.37. The van der Waals surface area contributed by atoms with E-state index in [4.69, 9.17) is 11.6 Å². The molecule has 1 aromatic carbocycles. The summed E-state index contributed by atoms with van der Waals surface area (Å²) in [6.45, 7) is 4.51. The van der Waals surface area contributed by atoms with Gasteiger partial charge in [0.25, 0.3) is 0 Å². The standard InChI is InChI=1S/C17H23ClFNO/c1-3-11(2)12-4-6-13(7-5-12)17(21)20-14-8-9-15(18)16(19)10-14/h8-13H,3-7H2,1-2H3,(H,20,21). The van der Waals surface area contributed by atoms with Crippen molar-refractivity contribution in [3.8, 4) is 0 Å². The second-order valence-electron chi connectivity index (χ2n) is 6.12. The van der Waals surface area contributed by atoms with E-state index < -0.39 is 5.82 Å². The molecule has 21 heavy (non-hydrogen) atoms. The molecule has 1 aromatic rings. The van der Waals surface area contributed by atoms with E-state index in [1.54, 1.807) is 6.07 Å². The number of benzene rings is 1. The summed E-state index contributed by atoms with van der Waals surface area (Å²) < 4.78 is 13.4. The molecule has 0 radical (unpaired) electrons. The Balaban J connectivity index is 1.88. The Morgan fingerprint density at radius 1 is 1.38 bits per heavy atom. The van der Waals surface area contributed by atoms with Crippen LogP contribution in [0.25, 0.3) is 0 Å². The summed E-state index contributed by atoms with van der Waals surface area (Å²) in [5.41, 5.74) is 0.478. The van der Waals surface area contributed by atoms with Crippen molar-refractivity contribution in [1.29, 1.82) is 0 Å². The fourth-order valence-electron chi connectivity index (χ4n) is 3.10. The molecule has 0 aromatic heterocycles. The van der Waals surface area contributed by atoms with Crippen LogP contribution in [-0.4, -0.2) is 5.91 Å². The fourth-order valence-corrected chi connectivity index (χ4v) is 3.22. The van der Waals surface area contributed by atoms with Gasteiger partial charge in [-0.25, -0.2) is 4.39 Å². The molecule has 1 aliphatic rings. The van der Waals surface area contributed by atoms with E-state index in [9.17, 15) is 9.18 Å². The van der Waals surface area contributed by atoms with Crippen LogP contribution in [0.5, 0.6) is 0 Å². The number of rotatable bonds is 4. The monoisotopic (exact) mass is 311 g/mol. The molecule has 0 heterocycles. The van der Waals surface area contributed by atoms with Gasteiger partial charge in [0.05, 0.1) is 5.02 Å². The molecule has 0 bridgehead atoms. The van der Waals surface area contributed by atoms with Gasteiger partial charge in [-0.1, -0.05) is 31.9 Å². The van der Waals surface area contributed by atoms with Gasteiger partial charge >= 0.3 is 0 Å². The molecule has 2 rings (SSSR count). The first-order valence-corrected chi connectivity index (χ1v) is 8.15. The lowest BCUT2D eigenvalue weighted by atomic mass is 9.75. The van der Waals surface area contributed by atoms with E-state index in [1.807, 2.05) is 0 Å². The summed E-state index contributed by atoms with van der Waals surface area (Å²) in [7, 11) is 0. The summed E-state index contributed by atoms with van der Waals surface area (Å²) in [4.78, 5) is 12.2. The molecule has 0 aliphatic heterocycles. The Kier molecular flexibility index (Phi) is 5.63. The first kappa shape index (κ1) is 16.3. The number of carbonyl (C=O) groups is 1. The average molecular weight is 312 g/mol. The highest BCUT2D eigenvalue weighted by molar-refractivity contribution is 6.30. The molecule has 0 saturated heterocycles. The van der Waals surface area contributed by atoms with E-state index >= 15 is 0 Å². The number of hydrogen-bond acceptors (Lipinski definition) is 1. The first-order chi connectivity index (χ1) is 10.0. The molecule has 1 unspecified atom stereocenters. The Labute approximate surface area is 131 Å². The van der Waals surface area contributed by atoms with Gasteiger partial charge in [-0.05, 0) is 55.7 Å². The third-order valence-electron chi connectivity index (χ3n) is 4.78. The van der Waals surface area contributed by atoms with Crippen LogP contribution >= 0.6 is 11.6 Å². The van der Waals surface area contributed by atoms with Crippen LogP contribution in [-0.2, 0) is 4.79 Å². The molecule has 2 nitrogen and oxygen atoms in total. The maximum Gasteiger partial charge on any atom is 0.227 e. The number of halogens is 2. The van der Waals surface area contributed by atoms with Gasteiger partial charge in [0, 0.05) is 11.6 Å². The SMILES string of the molecule is CCC(C)C1CCC(C(=O)Nc2ccc(Cl)c(F)c2)CC1. The highest BCUT2D eigenvalue weighted by Gasteiger charge is 2.28. The molecule has 1 atom stereocenters. The number of nitrogens with one attached hydrogen (secondary N) is 1. The summed E-state index contributed by atoms with van der Waals surface area (Å²) >= 11 is 5.64. The van der Waals surface area contributed by atoms with Gasteiger partial charge in [-0.3, -0.25) is 4.79 Å². The second-order valence-corrected chi connectivity index (χ2v) is 6.52. The summed E-state index contributed by atoms with van der Waals surface area (Å²) in [5.74, 6) is 1.02. The molecule has 1 aliphatic carbocycles. The number of amides is 1. The maximum atomic E-state index is 13.4. The first-order valence-electron chi connectivity index (χ1n) is 7.77. The largest absolute Gasteiger partial charge is 0.326 e. The quantitative estimate of drug-likeness (QED) is 0.806. The van der Waals surface area contributed by atoms with Crippen molar-refractivity contribution in [3.05, 3.63) is 29.0 Å². The van der Waals surface area contributed by atoms with Gasteiger partial charge in [0.1, 0.15) is 5.82 Å². The highest BCUT2D eigenvalue weighted by atomic mass is 35.5. The zero-order valence-electron chi connectivity index (χ0n) is 12.7. The zero-order valence-corrected chi connectivity index (χ0v) is 13.4. The topological polar surface area (TPSA) is 29.1 Å². The summed E-state index contributed by atoms with van der Waals surface area (Å²) in [5, 5.41) is 2.87. The van der Waals surface area contributed by atoms with Crippen molar-refractivity contribution >= 4 is 23.2 Å². The van der Waals surface area contributed by atoms with Gasteiger partial charge in [-0.15, -0.1) is 0 Å². The minimum Gasteiger partial charge on any atom is -0.326 e. The molecule has 1 saturated carbocycles. The molecular weight excluding hydrogens is 289 g/mol. The molecule has 1 fully saturated rings. The Bertz CT molecular complexity index is 498. The molecular formula is C17H23ClFNO. The minimum absolute atomic E-state index is 0.000626. The van der Waals surface area contributed by atoms with E-state index in [0.717, 1.165) is 37.5 Å². The van der Waals surface area contributed by atoms with Crippen molar-refractivity contribution < 1.29 is 9.18 Å². The number of carbonyl (C=O) groups excluding carboxylic acids is 1.